The number of aromatic nitrogens is 3. The number of fused-ring (bicyclic) bond motifs is 3. The minimum Gasteiger partial charge on any atom is -0.269 e. The van der Waals surface area contributed by atoms with Crippen LogP contribution in [-0.2, 0) is 5.41 Å². The van der Waals surface area contributed by atoms with Gasteiger partial charge in [0.05, 0.1) is 39.9 Å². The van der Waals surface area contributed by atoms with E-state index >= 15 is 0 Å². The molecule has 0 aliphatic heterocycles. The maximum absolute atomic E-state index is 13.4. The number of pyridine rings is 1. The van der Waals surface area contributed by atoms with E-state index in [9.17, 15) is 14.9 Å². The Morgan fingerprint density at radius 3 is 2.55 bits per heavy atom. The smallest absolute Gasteiger partial charge is 0.269 e. The minimum atomic E-state index is -0.663. The molecule has 6 nitrogen and oxygen atoms in total. The molecular weight excluding hydrogens is 412 g/mol. The Balaban J connectivity index is 2.10. The van der Waals surface area contributed by atoms with Crippen LogP contribution in [0.1, 0.15) is 31.1 Å². The Morgan fingerprint density at radius 1 is 1.19 bits per heavy atom. The highest BCUT2D eigenvalue weighted by Crippen LogP contribution is 2.29. The number of imidazole rings is 1. The molecule has 0 unspecified atom stereocenters. The third kappa shape index (κ3) is 3.33. The summed E-state index contributed by atoms with van der Waals surface area (Å²) in [6.45, 7) is 5.37. The molecule has 0 atom stereocenters. The van der Waals surface area contributed by atoms with Gasteiger partial charge in [0.25, 0.3) is 5.91 Å². The lowest BCUT2D eigenvalue weighted by molar-refractivity contribution is 0.0969. The van der Waals surface area contributed by atoms with Gasteiger partial charge in [-0.05, 0) is 62.7 Å². The quantitative estimate of drug-likeness (QED) is 0.428. The topological polar surface area (TPSA) is 80.7 Å². The zero-order valence-corrected chi connectivity index (χ0v) is 18.0. The van der Waals surface area contributed by atoms with Crippen molar-refractivity contribution in [2.24, 2.45) is 0 Å². The number of hydrogen-bond acceptors (Lipinski definition) is 4. The zero-order chi connectivity index (χ0) is 22.3. The first-order valence-corrected chi connectivity index (χ1v) is 10.1. The second kappa shape index (κ2) is 7.53. The highest BCUT2D eigenvalue weighted by Gasteiger charge is 2.23. The van der Waals surface area contributed by atoms with Crippen LogP contribution in [0.25, 0.3) is 27.6 Å². The van der Waals surface area contributed by atoms with E-state index in [1.807, 2.05) is 26.0 Å². The van der Waals surface area contributed by atoms with Gasteiger partial charge in [-0.2, -0.15) is 5.26 Å². The van der Waals surface area contributed by atoms with E-state index in [4.69, 9.17) is 11.6 Å². The summed E-state index contributed by atoms with van der Waals surface area (Å²) in [6, 6.07) is 14.7. The number of allylic oxidation sites excluding steroid dienone is 2. The number of carbonyl (C=O) groups excluding carboxylic acids is 1. The van der Waals surface area contributed by atoms with Crippen molar-refractivity contribution in [3.8, 4) is 11.8 Å². The SMILES string of the molecule is CC=CC(=O)n1c(=O)n(-c2ccc(C(C)(C)C#N)cc2)c2c3cc(Cl)ccc3ncc21. The van der Waals surface area contributed by atoms with Crippen LogP contribution in [0.4, 0.5) is 0 Å². The van der Waals surface area contributed by atoms with Crippen molar-refractivity contribution in [3.05, 3.63) is 81.9 Å². The van der Waals surface area contributed by atoms with Crippen LogP contribution in [0, 0.1) is 11.3 Å². The lowest BCUT2D eigenvalue weighted by atomic mass is 9.86. The molecule has 0 N–H and O–H groups in total. The van der Waals surface area contributed by atoms with Gasteiger partial charge in [-0.25, -0.2) is 9.36 Å². The second-order valence-corrected chi connectivity index (χ2v) is 8.17. The van der Waals surface area contributed by atoms with Gasteiger partial charge >= 0.3 is 5.69 Å². The number of halogens is 1. The van der Waals surface area contributed by atoms with Crippen molar-refractivity contribution in [2.45, 2.75) is 26.2 Å². The van der Waals surface area contributed by atoms with Crippen LogP contribution < -0.4 is 5.69 Å². The molecule has 0 aliphatic rings. The number of rotatable bonds is 3. The maximum Gasteiger partial charge on any atom is 0.340 e. The standard InChI is InChI=1S/C24H19ClN4O2/c1-4-5-21(30)29-20-13-27-19-11-8-16(25)12-18(19)22(20)28(23(29)31)17-9-6-15(7-10-17)24(2,3)14-26/h4-13H,1-3H3. The highest BCUT2D eigenvalue weighted by atomic mass is 35.5. The normalized spacial score (nSPS) is 12.0. The van der Waals surface area contributed by atoms with Gasteiger partial charge in [0.15, 0.2) is 0 Å². The number of carbonyl (C=O) groups is 1. The summed E-state index contributed by atoms with van der Waals surface area (Å²) < 4.78 is 2.59. The molecule has 0 amide bonds. The summed E-state index contributed by atoms with van der Waals surface area (Å²) in [7, 11) is 0. The summed E-state index contributed by atoms with van der Waals surface area (Å²) in [4.78, 5) is 30.6. The van der Waals surface area contributed by atoms with Gasteiger partial charge in [0.2, 0.25) is 0 Å². The molecule has 0 fully saturated rings. The molecule has 31 heavy (non-hydrogen) atoms. The molecule has 4 rings (SSSR count). The maximum atomic E-state index is 13.4. The van der Waals surface area contributed by atoms with Crippen molar-refractivity contribution >= 4 is 39.4 Å². The molecule has 4 aromatic rings. The number of hydrogen-bond donors (Lipinski definition) is 0. The molecule has 0 spiro atoms. The molecule has 0 saturated heterocycles. The van der Waals surface area contributed by atoms with E-state index in [0.29, 0.717) is 32.6 Å². The highest BCUT2D eigenvalue weighted by molar-refractivity contribution is 6.31. The summed E-state index contributed by atoms with van der Waals surface area (Å²) >= 11 is 6.23. The molecular formula is C24H19ClN4O2. The Hall–Kier alpha value is -3.69. The van der Waals surface area contributed by atoms with E-state index in [1.54, 1.807) is 43.3 Å². The first-order valence-electron chi connectivity index (χ1n) is 9.69. The fourth-order valence-corrected chi connectivity index (χ4v) is 3.77. The van der Waals surface area contributed by atoms with Crippen LogP contribution in [0.2, 0.25) is 5.02 Å². The van der Waals surface area contributed by atoms with Crippen LogP contribution in [0.3, 0.4) is 0 Å². The predicted molar refractivity (Wildman–Crippen MR) is 122 cm³/mol. The second-order valence-electron chi connectivity index (χ2n) is 7.73. The van der Waals surface area contributed by atoms with Crippen LogP contribution in [-0.4, -0.2) is 20.0 Å². The Kier molecular flexibility index (Phi) is 5.00. The molecule has 2 aromatic carbocycles. The van der Waals surface area contributed by atoms with Crippen molar-refractivity contribution in [1.82, 2.24) is 14.1 Å². The number of nitrogens with zero attached hydrogens (tertiary/aromatic N) is 4. The molecule has 0 saturated carbocycles. The number of benzene rings is 2. The van der Waals surface area contributed by atoms with Gasteiger partial charge in [0.1, 0.15) is 0 Å². The largest absolute Gasteiger partial charge is 0.340 e. The van der Waals surface area contributed by atoms with Crippen LogP contribution in [0.5, 0.6) is 0 Å². The van der Waals surface area contributed by atoms with Crippen LogP contribution >= 0.6 is 11.6 Å². The fraction of sp³-hybridized carbons (Fsp3) is 0.167. The van der Waals surface area contributed by atoms with Gasteiger partial charge in [-0.15, -0.1) is 0 Å². The third-order valence-electron chi connectivity index (χ3n) is 5.29. The van der Waals surface area contributed by atoms with Gasteiger partial charge < -0.3 is 0 Å². The van der Waals surface area contributed by atoms with E-state index in [-0.39, 0.29) is 0 Å². The van der Waals surface area contributed by atoms with Crippen molar-refractivity contribution in [2.75, 3.05) is 0 Å². The molecule has 2 heterocycles. The van der Waals surface area contributed by atoms with Gasteiger partial charge in [-0.1, -0.05) is 29.8 Å². The lowest BCUT2D eigenvalue weighted by Gasteiger charge is -2.16. The lowest BCUT2D eigenvalue weighted by Crippen LogP contribution is -2.27. The third-order valence-corrected chi connectivity index (χ3v) is 5.52. The summed E-state index contributed by atoms with van der Waals surface area (Å²) in [6.07, 6.45) is 4.45. The summed E-state index contributed by atoms with van der Waals surface area (Å²) in [5.41, 5.74) is 1.83. The van der Waals surface area contributed by atoms with Crippen molar-refractivity contribution in [1.29, 1.82) is 5.26 Å². The molecule has 7 heteroatoms. The number of nitriles is 1. The average Bonchev–Trinajstić information content (AvgIpc) is 3.06. The minimum absolute atomic E-state index is 0.393. The monoisotopic (exact) mass is 430 g/mol. The van der Waals surface area contributed by atoms with Gasteiger partial charge in [-0.3, -0.25) is 14.3 Å². The molecule has 0 aliphatic carbocycles. The Labute approximate surface area is 183 Å². The summed E-state index contributed by atoms with van der Waals surface area (Å²) in [5, 5.41) is 10.6. The fourth-order valence-electron chi connectivity index (χ4n) is 3.60. The van der Waals surface area contributed by atoms with Crippen LogP contribution in [0.15, 0.2) is 65.6 Å². The molecule has 0 radical (unpaired) electrons. The van der Waals surface area contributed by atoms with E-state index in [0.717, 1.165) is 10.1 Å². The summed E-state index contributed by atoms with van der Waals surface area (Å²) in [5.74, 6) is -0.457. The van der Waals surface area contributed by atoms with Crippen molar-refractivity contribution in [3.63, 3.8) is 0 Å². The Morgan fingerprint density at radius 2 is 1.90 bits per heavy atom. The van der Waals surface area contributed by atoms with E-state index in [2.05, 4.69) is 11.1 Å². The molecule has 154 valence electrons. The van der Waals surface area contributed by atoms with Crippen molar-refractivity contribution < 1.29 is 4.79 Å². The zero-order valence-electron chi connectivity index (χ0n) is 17.3. The van der Waals surface area contributed by atoms with E-state index in [1.165, 1.54) is 16.8 Å². The van der Waals surface area contributed by atoms with E-state index < -0.39 is 17.0 Å². The average molecular weight is 431 g/mol. The first-order chi connectivity index (χ1) is 14.8. The molecule has 0 bridgehead atoms. The first kappa shape index (κ1) is 20.6. The predicted octanol–water partition coefficient (Wildman–Crippen LogP) is 5.01. The molecule has 2 aromatic heterocycles. The van der Waals surface area contributed by atoms with Gasteiger partial charge in [0, 0.05) is 10.4 Å². The Bertz CT molecular complexity index is 1470.